The Morgan fingerprint density at radius 1 is 0.290 bits per heavy atom. The first-order valence-electron chi connectivity index (χ1n) is 29.4. The summed E-state index contributed by atoms with van der Waals surface area (Å²) < 4.78 is 16.8. The molecule has 0 bridgehead atoms. The number of hydrogen-bond acceptors (Lipinski definition) is 6. The van der Waals surface area contributed by atoms with Crippen molar-refractivity contribution in [3.05, 3.63) is 72.9 Å². The van der Waals surface area contributed by atoms with Crippen molar-refractivity contribution in [3.63, 3.8) is 0 Å². The number of hydrogen-bond donors (Lipinski definition) is 0. The zero-order chi connectivity index (χ0) is 50.0. The first kappa shape index (κ1) is 65.8. The Bertz CT molecular complexity index is 1290. The van der Waals surface area contributed by atoms with E-state index in [1.807, 2.05) is 6.08 Å². The second kappa shape index (κ2) is 57.4. The van der Waals surface area contributed by atoms with Crippen molar-refractivity contribution in [2.24, 2.45) is 0 Å². The number of unbranched alkanes of at least 4 members (excludes halogenated alkanes) is 30. The van der Waals surface area contributed by atoms with Crippen molar-refractivity contribution in [1.29, 1.82) is 0 Å². The number of carbonyl (C=O) groups excluding carboxylic acids is 3. The van der Waals surface area contributed by atoms with Gasteiger partial charge in [0.15, 0.2) is 6.10 Å². The summed E-state index contributed by atoms with van der Waals surface area (Å²) in [7, 11) is 0. The van der Waals surface area contributed by atoms with Crippen molar-refractivity contribution in [1.82, 2.24) is 0 Å². The van der Waals surface area contributed by atoms with Gasteiger partial charge in [-0.25, -0.2) is 0 Å². The average Bonchev–Trinajstić information content (AvgIpc) is 3.35. The van der Waals surface area contributed by atoms with Crippen LogP contribution < -0.4 is 0 Å². The Morgan fingerprint density at radius 3 is 0.942 bits per heavy atom. The molecule has 0 aliphatic rings. The molecule has 1 atom stereocenters. The van der Waals surface area contributed by atoms with Gasteiger partial charge in [0.2, 0.25) is 0 Å². The number of carbonyl (C=O) groups is 3. The molecule has 0 saturated heterocycles. The highest BCUT2D eigenvalue weighted by Gasteiger charge is 2.19. The largest absolute Gasteiger partial charge is 0.462 e. The first-order chi connectivity index (χ1) is 34.0. The monoisotopic (exact) mass is 963 g/mol. The quantitative estimate of drug-likeness (QED) is 0.0262. The molecule has 0 radical (unpaired) electrons. The fourth-order valence-electron chi connectivity index (χ4n) is 8.24. The van der Waals surface area contributed by atoms with E-state index in [2.05, 4.69) is 87.6 Å². The summed E-state index contributed by atoms with van der Waals surface area (Å²) in [5.41, 5.74) is 0. The third-order valence-electron chi connectivity index (χ3n) is 12.7. The molecule has 0 saturated carbocycles. The van der Waals surface area contributed by atoms with Crippen LogP contribution in [0.25, 0.3) is 0 Å². The van der Waals surface area contributed by atoms with Crippen LogP contribution in [0.3, 0.4) is 0 Å². The van der Waals surface area contributed by atoms with Gasteiger partial charge in [-0.1, -0.05) is 261 Å². The van der Waals surface area contributed by atoms with Gasteiger partial charge in [-0.05, 0) is 83.5 Å². The third kappa shape index (κ3) is 55.6. The molecular weight excluding hydrogens is 853 g/mol. The molecule has 0 aliphatic heterocycles. The van der Waals surface area contributed by atoms with Crippen LogP contribution in [0.15, 0.2) is 72.9 Å². The molecule has 0 aromatic rings. The van der Waals surface area contributed by atoms with Gasteiger partial charge in [-0.2, -0.15) is 0 Å². The maximum atomic E-state index is 12.9. The van der Waals surface area contributed by atoms with Crippen molar-refractivity contribution >= 4 is 17.9 Å². The molecule has 0 aromatic heterocycles. The molecule has 0 heterocycles. The molecule has 6 heteroatoms. The van der Waals surface area contributed by atoms with Crippen LogP contribution in [0.2, 0.25) is 0 Å². The van der Waals surface area contributed by atoms with Gasteiger partial charge in [0.25, 0.3) is 0 Å². The maximum absolute atomic E-state index is 12.9. The van der Waals surface area contributed by atoms with Gasteiger partial charge < -0.3 is 14.2 Å². The summed E-state index contributed by atoms with van der Waals surface area (Å²) in [5, 5.41) is 0. The molecule has 0 N–H and O–H groups in total. The van der Waals surface area contributed by atoms with Crippen LogP contribution in [-0.4, -0.2) is 37.2 Å². The molecule has 0 aliphatic carbocycles. The molecule has 0 spiro atoms. The smallest absolute Gasteiger partial charge is 0.306 e. The lowest BCUT2D eigenvalue weighted by atomic mass is 10.0. The molecule has 0 rings (SSSR count). The predicted octanol–water partition coefficient (Wildman–Crippen LogP) is 19.8. The van der Waals surface area contributed by atoms with E-state index in [4.69, 9.17) is 14.2 Å². The van der Waals surface area contributed by atoms with E-state index < -0.39 is 6.10 Å². The summed E-state index contributed by atoms with van der Waals surface area (Å²) in [5.74, 6) is -0.975. The highest BCUT2D eigenvalue weighted by molar-refractivity contribution is 5.71. The highest BCUT2D eigenvalue weighted by atomic mass is 16.6. The second-order valence-electron chi connectivity index (χ2n) is 19.6. The van der Waals surface area contributed by atoms with E-state index in [9.17, 15) is 14.4 Å². The van der Waals surface area contributed by atoms with Gasteiger partial charge in [-0.15, -0.1) is 0 Å². The minimum atomic E-state index is -0.805. The molecule has 0 amide bonds. The van der Waals surface area contributed by atoms with E-state index in [1.165, 1.54) is 180 Å². The van der Waals surface area contributed by atoms with E-state index in [-0.39, 0.29) is 37.5 Å². The van der Waals surface area contributed by atoms with Crippen molar-refractivity contribution in [2.75, 3.05) is 13.2 Å². The fourth-order valence-corrected chi connectivity index (χ4v) is 8.24. The number of allylic oxidation sites excluding steroid dienone is 12. The molecule has 0 aromatic carbocycles. The lowest BCUT2D eigenvalue weighted by Gasteiger charge is -2.18. The summed E-state index contributed by atoms with van der Waals surface area (Å²) >= 11 is 0. The maximum Gasteiger partial charge on any atom is 0.306 e. The summed E-state index contributed by atoms with van der Waals surface area (Å²) in [6, 6.07) is 0. The molecule has 69 heavy (non-hydrogen) atoms. The molecule has 6 nitrogen and oxygen atoms in total. The van der Waals surface area contributed by atoms with Crippen LogP contribution >= 0.6 is 0 Å². The zero-order valence-corrected chi connectivity index (χ0v) is 45.6. The van der Waals surface area contributed by atoms with Crippen LogP contribution in [0.1, 0.15) is 290 Å². The van der Waals surface area contributed by atoms with Crippen molar-refractivity contribution in [3.8, 4) is 0 Å². The summed E-state index contributed by atoms with van der Waals surface area (Å²) in [4.78, 5) is 38.1. The first-order valence-corrected chi connectivity index (χ1v) is 29.4. The fraction of sp³-hybridized carbons (Fsp3) is 0.762. The lowest BCUT2D eigenvalue weighted by molar-refractivity contribution is -0.166. The molecule has 398 valence electrons. The minimum Gasteiger partial charge on any atom is -0.462 e. The topological polar surface area (TPSA) is 78.9 Å². The van der Waals surface area contributed by atoms with E-state index >= 15 is 0 Å². The van der Waals surface area contributed by atoms with Crippen LogP contribution in [0.4, 0.5) is 0 Å². The van der Waals surface area contributed by atoms with Gasteiger partial charge in [0.1, 0.15) is 13.2 Å². The Kier molecular flexibility index (Phi) is 54.8. The van der Waals surface area contributed by atoms with Gasteiger partial charge in [0, 0.05) is 19.3 Å². The molecule has 0 unspecified atom stereocenters. The van der Waals surface area contributed by atoms with Gasteiger partial charge >= 0.3 is 17.9 Å². The van der Waals surface area contributed by atoms with E-state index in [1.54, 1.807) is 0 Å². The standard InChI is InChI=1S/C63H110O6/c1-4-7-10-13-16-19-22-25-27-29-31-33-35-38-41-44-47-50-53-56-62(65)68-59-60(58-67-61(64)55-52-49-46-43-40-37-24-21-18-15-12-9-6-3)69-63(66)57-54-51-48-45-42-39-36-34-32-30-28-26-23-20-17-14-11-8-5-2/h16,19,25-28,31,33,38,41,47,50,60H,4-15,17-18,20-24,29-30,32,34-37,39-40,42-46,48-49,51-59H2,1-3H3/b19-16-,27-25-,28-26-,33-31-,41-38-,50-47-/t60-/m0/s1. The number of ether oxygens (including phenoxy) is 3. The normalized spacial score (nSPS) is 12.6. The van der Waals surface area contributed by atoms with Crippen LogP contribution in [0.5, 0.6) is 0 Å². The number of esters is 3. The molecular formula is C63H110O6. The van der Waals surface area contributed by atoms with Crippen LogP contribution in [-0.2, 0) is 28.6 Å². The van der Waals surface area contributed by atoms with Gasteiger partial charge in [0.05, 0.1) is 0 Å². The minimum absolute atomic E-state index is 0.0965. The second-order valence-corrected chi connectivity index (χ2v) is 19.6. The number of rotatable bonds is 53. The Balaban J connectivity index is 4.46. The third-order valence-corrected chi connectivity index (χ3v) is 12.7. The predicted molar refractivity (Wildman–Crippen MR) is 298 cm³/mol. The average molecular weight is 964 g/mol. The Morgan fingerprint density at radius 2 is 0.551 bits per heavy atom. The summed E-state index contributed by atoms with van der Waals surface area (Å²) in [6.45, 7) is 6.57. The van der Waals surface area contributed by atoms with Crippen molar-refractivity contribution in [2.45, 2.75) is 297 Å². The van der Waals surface area contributed by atoms with E-state index in [0.717, 1.165) is 64.2 Å². The van der Waals surface area contributed by atoms with Crippen LogP contribution in [0, 0.1) is 0 Å². The molecule has 0 fully saturated rings. The van der Waals surface area contributed by atoms with Gasteiger partial charge in [-0.3, -0.25) is 14.4 Å². The zero-order valence-electron chi connectivity index (χ0n) is 45.6. The van der Waals surface area contributed by atoms with E-state index in [0.29, 0.717) is 19.3 Å². The summed E-state index contributed by atoms with van der Waals surface area (Å²) in [6.07, 6.45) is 73.3. The lowest BCUT2D eigenvalue weighted by Crippen LogP contribution is -2.30. The Hall–Kier alpha value is -3.15. The van der Waals surface area contributed by atoms with Crippen molar-refractivity contribution < 1.29 is 28.6 Å². The Labute approximate surface area is 427 Å². The SMILES string of the molecule is CCCCC/C=C\C/C=C\C/C=C\C/C=C\C/C=C\CCC(=O)OC[C@H](COC(=O)CCCCCCCCCCCCCCC)OC(=O)CCCCCCCCCCC/C=C\CCCCCCCC. The highest BCUT2D eigenvalue weighted by Crippen LogP contribution is 2.16.